The molecule has 2 N–H and O–H groups in total. The van der Waals surface area contributed by atoms with Gasteiger partial charge in [-0.1, -0.05) is 20.8 Å². The van der Waals surface area contributed by atoms with E-state index in [0.717, 1.165) is 13.1 Å². The Morgan fingerprint density at radius 2 is 1.94 bits per heavy atom. The van der Waals surface area contributed by atoms with E-state index in [1.165, 1.54) is 0 Å². The Bertz CT molecular complexity index is 308. The maximum Gasteiger partial charge on any atom is 0.333 e. The van der Waals surface area contributed by atoms with Crippen molar-refractivity contribution < 1.29 is 19.4 Å². The number of carboxylic acid groups (broad SMARTS) is 1. The van der Waals surface area contributed by atoms with Gasteiger partial charge in [-0.2, -0.15) is 0 Å². The van der Waals surface area contributed by atoms with Crippen LogP contribution in [0.15, 0.2) is 0 Å². The number of aliphatic hydroxyl groups excluding tert-OH is 1. The fourth-order valence-electron chi connectivity index (χ4n) is 1.66. The van der Waals surface area contributed by atoms with E-state index in [0.29, 0.717) is 0 Å². The smallest absolute Gasteiger partial charge is 0.333 e. The van der Waals surface area contributed by atoms with Gasteiger partial charge in [0, 0.05) is 19.6 Å². The molecule has 6 heteroatoms. The van der Waals surface area contributed by atoms with Crippen molar-refractivity contribution in [2.75, 3.05) is 19.6 Å². The Labute approximate surface area is 110 Å². The zero-order chi connectivity index (χ0) is 14.1. The minimum atomic E-state index is -1.73. The molecule has 0 radical (unpaired) electrons. The van der Waals surface area contributed by atoms with Gasteiger partial charge in [0.1, 0.15) is 0 Å². The van der Waals surface area contributed by atoms with Crippen LogP contribution in [0.5, 0.6) is 0 Å². The van der Waals surface area contributed by atoms with Gasteiger partial charge < -0.3 is 14.6 Å². The van der Waals surface area contributed by atoms with E-state index in [2.05, 4.69) is 33.9 Å². The van der Waals surface area contributed by atoms with Crippen LogP contribution in [-0.4, -0.2) is 61.2 Å². The number of carbonyl (C=O) groups is 1. The van der Waals surface area contributed by atoms with Crippen LogP contribution in [0.25, 0.3) is 0 Å². The number of rotatable bonds is 5. The Morgan fingerprint density at radius 3 is 2.33 bits per heavy atom. The van der Waals surface area contributed by atoms with Gasteiger partial charge in [-0.3, -0.25) is 4.90 Å². The SMILES string of the molecule is CC(C)(C)[Si](C)(C)OC1CN(CC(O)C(=O)O)C1. The molecule has 0 bridgehead atoms. The van der Waals surface area contributed by atoms with Crippen LogP contribution in [0, 0.1) is 0 Å². The summed E-state index contributed by atoms with van der Waals surface area (Å²) < 4.78 is 6.18. The largest absolute Gasteiger partial charge is 0.479 e. The number of carboxylic acids is 1. The van der Waals surface area contributed by atoms with Crippen molar-refractivity contribution in [2.24, 2.45) is 0 Å². The number of β-amino-alcohol motifs (C(OH)–C–C–N with tert-alkyl or cyclic N) is 1. The number of hydrogen-bond donors (Lipinski definition) is 2. The fraction of sp³-hybridized carbons (Fsp3) is 0.917. The fourth-order valence-corrected chi connectivity index (χ4v) is 3.00. The van der Waals surface area contributed by atoms with Crippen LogP contribution < -0.4 is 0 Å². The first-order valence-corrected chi connectivity index (χ1v) is 9.25. The summed E-state index contributed by atoms with van der Waals surface area (Å²) in [7, 11) is -1.73. The van der Waals surface area contributed by atoms with Crippen LogP contribution in [0.4, 0.5) is 0 Å². The lowest BCUT2D eigenvalue weighted by molar-refractivity contribution is -0.149. The molecule has 5 nitrogen and oxygen atoms in total. The molecule has 0 saturated carbocycles. The minimum absolute atomic E-state index is 0.187. The molecule has 0 spiro atoms. The van der Waals surface area contributed by atoms with Crippen LogP contribution in [0.3, 0.4) is 0 Å². The molecule has 18 heavy (non-hydrogen) atoms. The molecule has 0 aromatic rings. The lowest BCUT2D eigenvalue weighted by Gasteiger charge is -2.46. The lowest BCUT2D eigenvalue weighted by Crippen LogP contribution is -2.59. The van der Waals surface area contributed by atoms with Gasteiger partial charge in [0.2, 0.25) is 0 Å². The van der Waals surface area contributed by atoms with Crippen molar-refractivity contribution in [3.8, 4) is 0 Å². The van der Waals surface area contributed by atoms with Crippen LogP contribution in [0.2, 0.25) is 18.1 Å². The maximum absolute atomic E-state index is 10.5. The van der Waals surface area contributed by atoms with Crippen molar-refractivity contribution in [2.45, 2.75) is 51.1 Å². The normalized spacial score (nSPS) is 20.6. The van der Waals surface area contributed by atoms with Crippen LogP contribution >= 0.6 is 0 Å². The quantitative estimate of drug-likeness (QED) is 0.736. The van der Waals surface area contributed by atoms with Crippen molar-refractivity contribution in [1.29, 1.82) is 0 Å². The van der Waals surface area contributed by atoms with E-state index < -0.39 is 20.4 Å². The van der Waals surface area contributed by atoms with Gasteiger partial charge in [-0.25, -0.2) is 4.79 Å². The summed E-state index contributed by atoms with van der Waals surface area (Å²) in [4.78, 5) is 12.4. The van der Waals surface area contributed by atoms with E-state index in [9.17, 15) is 9.90 Å². The molecule has 0 aliphatic carbocycles. The molecule has 1 rings (SSSR count). The lowest BCUT2D eigenvalue weighted by atomic mass is 10.1. The molecule has 0 aromatic heterocycles. The van der Waals surface area contributed by atoms with Crippen molar-refractivity contribution >= 4 is 14.3 Å². The predicted octanol–water partition coefficient (Wildman–Crippen LogP) is 1.14. The standard InChI is InChI=1S/C12H25NO4Si/c1-12(2,3)18(4,5)17-9-6-13(7-9)8-10(14)11(15)16/h9-10,14H,6-8H2,1-5H3,(H,15,16). The highest BCUT2D eigenvalue weighted by Gasteiger charge is 2.42. The van der Waals surface area contributed by atoms with E-state index in [1.807, 2.05) is 4.90 Å². The molecule has 1 atom stereocenters. The van der Waals surface area contributed by atoms with Crippen LogP contribution in [-0.2, 0) is 9.22 Å². The molecule has 0 amide bonds. The summed E-state index contributed by atoms with van der Waals surface area (Å²) >= 11 is 0. The van der Waals surface area contributed by atoms with E-state index in [1.54, 1.807) is 0 Å². The number of nitrogens with zero attached hydrogens (tertiary/aromatic N) is 1. The minimum Gasteiger partial charge on any atom is -0.479 e. The Morgan fingerprint density at radius 1 is 1.44 bits per heavy atom. The first-order chi connectivity index (χ1) is 8.03. The molecule has 1 fully saturated rings. The second kappa shape index (κ2) is 5.28. The third kappa shape index (κ3) is 3.78. The second-order valence-electron chi connectivity index (χ2n) is 6.57. The molecule has 1 aliphatic heterocycles. The summed E-state index contributed by atoms with van der Waals surface area (Å²) in [5, 5.41) is 18.0. The average molecular weight is 275 g/mol. The zero-order valence-corrected chi connectivity index (χ0v) is 12.9. The summed E-state index contributed by atoms with van der Waals surface area (Å²) in [6, 6.07) is 0. The van der Waals surface area contributed by atoms with Gasteiger partial charge in [-0.15, -0.1) is 0 Å². The van der Waals surface area contributed by atoms with E-state index in [4.69, 9.17) is 9.53 Å². The topological polar surface area (TPSA) is 70.0 Å². The molecule has 106 valence electrons. The molecule has 1 aliphatic rings. The maximum atomic E-state index is 10.5. The van der Waals surface area contributed by atoms with Crippen LogP contribution in [0.1, 0.15) is 20.8 Å². The number of aliphatic hydroxyl groups is 1. The van der Waals surface area contributed by atoms with E-state index >= 15 is 0 Å². The second-order valence-corrected chi connectivity index (χ2v) is 11.3. The van der Waals surface area contributed by atoms with Crippen molar-refractivity contribution in [1.82, 2.24) is 4.90 Å². The summed E-state index contributed by atoms with van der Waals surface area (Å²) in [6.07, 6.45) is -1.11. The van der Waals surface area contributed by atoms with Crippen molar-refractivity contribution in [3.63, 3.8) is 0 Å². The van der Waals surface area contributed by atoms with Gasteiger partial charge >= 0.3 is 5.97 Å². The highest BCUT2D eigenvalue weighted by Crippen LogP contribution is 2.38. The Hall–Kier alpha value is -0.433. The third-order valence-corrected chi connectivity index (χ3v) is 8.44. The zero-order valence-electron chi connectivity index (χ0n) is 11.9. The predicted molar refractivity (Wildman–Crippen MR) is 72.2 cm³/mol. The first kappa shape index (κ1) is 15.6. The number of hydrogen-bond acceptors (Lipinski definition) is 4. The molecular weight excluding hydrogens is 250 g/mol. The highest BCUT2D eigenvalue weighted by atomic mass is 28.4. The molecular formula is C12H25NO4Si. The van der Waals surface area contributed by atoms with Gasteiger partial charge in [-0.05, 0) is 18.1 Å². The number of likely N-dealkylation sites (tertiary alicyclic amines) is 1. The Balaban J connectivity index is 2.34. The molecule has 1 unspecified atom stereocenters. The van der Waals surface area contributed by atoms with Crippen molar-refractivity contribution in [3.05, 3.63) is 0 Å². The summed E-state index contributed by atoms with van der Waals surface area (Å²) in [5.41, 5.74) is 0. The number of aliphatic carboxylic acids is 1. The Kier molecular flexibility index (Phi) is 4.59. The monoisotopic (exact) mass is 275 g/mol. The first-order valence-electron chi connectivity index (χ1n) is 6.34. The summed E-state index contributed by atoms with van der Waals surface area (Å²) in [6.45, 7) is 12.6. The molecule has 1 saturated heterocycles. The molecule has 0 aromatic carbocycles. The summed E-state index contributed by atoms with van der Waals surface area (Å²) in [5.74, 6) is -1.16. The average Bonchev–Trinajstić information content (AvgIpc) is 2.11. The van der Waals surface area contributed by atoms with E-state index in [-0.39, 0.29) is 17.7 Å². The third-order valence-electron chi connectivity index (χ3n) is 3.91. The highest BCUT2D eigenvalue weighted by molar-refractivity contribution is 6.74. The van der Waals surface area contributed by atoms with Gasteiger partial charge in [0.25, 0.3) is 0 Å². The van der Waals surface area contributed by atoms with Gasteiger partial charge in [0.15, 0.2) is 14.4 Å². The molecule has 1 heterocycles. The van der Waals surface area contributed by atoms with Gasteiger partial charge in [0.05, 0.1) is 6.10 Å².